The minimum atomic E-state index is -0.467. The van der Waals surface area contributed by atoms with E-state index in [9.17, 15) is 9.59 Å². The zero-order chi connectivity index (χ0) is 25.0. The van der Waals surface area contributed by atoms with Crippen molar-refractivity contribution >= 4 is 23.4 Å². The van der Waals surface area contributed by atoms with Crippen molar-refractivity contribution in [2.75, 3.05) is 13.2 Å². The van der Waals surface area contributed by atoms with Gasteiger partial charge in [0.1, 0.15) is 12.4 Å². The molecule has 0 aliphatic rings. The third-order valence-electron chi connectivity index (χ3n) is 4.88. The summed E-state index contributed by atoms with van der Waals surface area (Å²) in [7, 11) is 0. The molecule has 0 unspecified atom stereocenters. The molecule has 2 N–H and O–H groups in total. The number of hydrazine groups is 1. The number of nitrogens with one attached hydrogen (secondary N) is 2. The lowest BCUT2D eigenvalue weighted by molar-refractivity contribution is -0.122. The number of aromatic nitrogens is 1. The fourth-order valence-corrected chi connectivity index (χ4v) is 3.36. The Morgan fingerprint density at radius 1 is 0.971 bits per heavy atom. The van der Waals surface area contributed by atoms with Gasteiger partial charge in [-0.05, 0) is 68.3 Å². The molecule has 3 rings (SSSR count). The van der Waals surface area contributed by atoms with Gasteiger partial charge in [0, 0.05) is 35.0 Å². The Labute approximate surface area is 209 Å². The highest BCUT2D eigenvalue weighted by Gasteiger charge is 2.13. The van der Waals surface area contributed by atoms with Crippen molar-refractivity contribution < 1.29 is 23.8 Å². The number of hydrogen-bond donors (Lipinski definition) is 2. The molecule has 0 radical (unpaired) electrons. The molecule has 0 saturated heterocycles. The third-order valence-corrected chi connectivity index (χ3v) is 5.12. The van der Waals surface area contributed by atoms with Crippen LogP contribution in [-0.4, -0.2) is 30.0 Å². The van der Waals surface area contributed by atoms with Crippen molar-refractivity contribution in [3.63, 3.8) is 0 Å². The summed E-state index contributed by atoms with van der Waals surface area (Å²) in [6, 6.07) is 13.9. The summed E-state index contributed by atoms with van der Waals surface area (Å²) in [5, 5.41) is 0.644. The molecule has 8 nitrogen and oxygen atoms in total. The Kier molecular flexibility index (Phi) is 9.74. The number of amides is 2. The maximum absolute atomic E-state index is 12.5. The molecule has 35 heavy (non-hydrogen) atoms. The number of pyridine rings is 1. The van der Waals surface area contributed by atoms with E-state index in [2.05, 4.69) is 15.8 Å². The van der Waals surface area contributed by atoms with Crippen LogP contribution < -0.4 is 25.1 Å². The van der Waals surface area contributed by atoms with E-state index in [-0.39, 0.29) is 12.3 Å². The highest BCUT2D eigenvalue weighted by atomic mass is 35.5. The Morgan fingerprint density at radius 2 is 1.80 bits per heavy atom. The summed E-state index contributed by atoms with van der Waals surface area (Å²) < 4.78 is 17.1. The first kappa shape index (κ1) is 25.8. The molecule has 1 heterocycles. The average molecular weight is 498 g/mol. The molecule has 0 fully saturated rings. The van der Waals surface area contributed by atoms with Gasteiger partial charge in [0.05, 0.1) is 13.2 Å². The maximum atomic E-state index is 12.5. The van der Waals surface area contributed by atoms with Crippen molar-refractivity contribution in [2.45, 2.75) is 33.3 Å². The molecule has 9 heteroatoms. The van der Waals surface area contributed by atoms with Crippen LogP contribution >= 0.6 is 11.6 Å². The van der Waals surface area contributed by atoms with Crippen molar-refractivity contribution in [3.8, 4) is 17.2 Å². The summed E-state index contributed by atoms with van der Waals surface area (Å²) in [5.74, 6) is 0.876. The molecule has 0 aliphatic heterocycles. The molecular weight excluding hydrogens is 470 g/mol. The van der Waals surface area contributed by atoms with Crippen molar-refractivity contribution in [3.05, 3.63) is 82.6 Å². The molecule has 3 aromatic rings. The number of halogens is 1. The molecule has 0 atom stereocenters. The Bertz CT molecular complexity index is 1140. The second kappa shape index (κ2) is 13.2. The summed E-state index contributed by atoms with van der Waals surface area (Å²) >= 11 is 5.94. The van der Waals surface area contributed by atoms with Crippen molar-refractivity contribution in [1.82, 2.24) is 15.8 Å². The number of hydrogen-bond acceptors (Lipinski definition) is 6. The number of rotatable bonds is 11. The monoisotopic (exact) mass is 497 g/mol. The van der Waals surface area contributed by atoms with Gasteiger partial charge in [0.25, 0.3) is 5.91 Å². The predicted molar refractivity (Wildman–Crippen MR) is 133 cm³/mol. The van der Waals surface area contributed by atoms with Crippen LogP contribution in [0.3, 0.4) is 0 Å². The third kappa shape index (κ3) is 8.19. The first-order chi connectivity index (χ1) is 17.0. The number of ether oxygens (including phenoxy) is 3. The van der Waals surface area contributed by atoms with Crippen LogP contribution in [0.25, 0.3) is 0 Å². The fraction of sp³-hybridized carbons (Fsp3) is 0.269. The van der Waals surface area contributed by atoms with E-state index in [1.165, 1.54) is 0 Å². The van der Waals surface area contributed by atoms with Crippen LogP contribution in [0, 0.1) is 6.92 Å². The van der Waals surface area contributed by atoms with Crippen LogP contribution in [-0.2, 0) is 11.4 Å². The van der Waals surface area contributed by atoms with Crippen molar-refractivity contribution in [2.24, 2.45) is 0 Å². The van der Waals surface area contributed by atoms with Gasteiger partial charge >= 0.3 is 0 Å². The van der Waals surface area contributed by atoms with E-state index in [0.717, 1.165) is 16.9 Å². The van der Waals surface area contributed by atoms with E-state index in [1.807, 2.05) is 32.0 Å². The van der Waals surface area contributed by atoms with Gasteiger partial charge in [0.15, 0.2) is 11.5 Å². The van der Waals surface area contributed by atoms with E-state index in [0.29, 0.717) is 48.3 Å². The summed E-state index contributed by atoms with van der Waals surface area (Å²) in [6.45, 7) is 4.83. The molecule has 0 bridgehead atoms. The molecule has 1 aromatic heterocycles. The number of carbonyl (C=O) groups excluding carboxylic acids is 2. The lowest BCUT2D eigenvalue weighted by atomic mass is 10.2. The van der Waals surface area contributed by atoms with E-state index in [1.54, 1.807) is 42.7 Å². The van der Waals surface area contributed by atoms with Crippen LogP contribution in [0.5, 0.6) is 17.2 Å². The number of nitrogens with zero attached hydrogens (tertiary/aromatic N) is 1. The van der Waals surface area contributed by atoms with Gasteiger partial charge in [-0.15, -0.1) is 0 Å². The Balaban J connectivity index is 1.45. The molecule has 2 amide bonds. The van der Waals surface area contributed by atoms with Crippen LogP contribution in [0.4, 0.5) is 0 Å². The number of benzene rings is 2. The van der Waals surface area contributed by atoms with E-state index >= 15 is 0 Å². The second-order valence-corrected chi connectivity index (χ2v) is 8.05. The SMILES string of the molecule is CCOc1cc(C(=O)NNC(=O)CCCOc2ccc(Cl)cc2C)ccc1OCc1cccnc1. The number of carbonyl (C=O) groups is 2. The van der Waals surface area contributed by atoms with Gasteiger partial charge < -0.3 is 14.2 Å². The molecule has 0 aliphatic carbocycles. The largest absolute Gasteiger partial charge is 0.493 e. The first-order valence-corrected chi connectivity index (χ1v) is 11.6. The summed E-state index contributed by atoms with van der Waals surface area (Å²) in [5.41, 5.74) is 7.00. The van der Waals surface area contributed by atoms with Gasteiger partial charge in [-0.25, -0.2) is 0 Å². The molecular formula is C26H28ClN3O5. The average Bonchev–Trinajstić information content (AvgIpc) is 2.86. The highest BCUT2D eigenvalue weighted by molar-refractivity contribution is 6.30. The fourth-order valence-electron chi connectivity index (χ4n) is 3.13. The normalized spacial score (nSPS) is 10.4. The number of aryl methyl sites for hydroxylation is 1. The first-order valence-electron chi connectivity index (χ1n) is 11.2. The summed E-state index contributed by atoms with van der Waals surface area (Å²) in [6.07, 6.45) is 4.09. The van der Waals surface area contributed by atoms with Gasteiger partial charge in [-0.1, -0.05) is 17.7 Å². The second-order valence-electron chi connectivity index (χ2n) is 7.61. The molecule has 0 saturated carbocycles. The zero-order valence-corrected chi connectivity index (χ0v) is 20.4. The quantitative estimate of drug-likeness (QED) is 0.296. The Hall–Kier alpha value is -3.78. The lowest BCUT2D eigenvalue weighted by Gasteiger charge is -2.14. The van der Waals surface area contributed by atoms with E-state index < -0.39 is 5.91 Å². The molecule has 2 aromatic carbocycles. The summed E-state index contributed by atoms with van der Waals surface area (Å²) in [4.78, 5) is 28.7. The standard InChI is InChI=1S/C26H28ClN3O5/c1-3-33-24-15-20(8-10-23(24)35-17-19-6-4-12-28-16-19)26(32)30-29-25(31)7-5-13-34-22-11-9-21(27)14-18(22)2/h4,6,8-12,14-16H,3,5,7,13,17H2,1-2H3,(H,29,31)(H,30,32). The Morgan fingerprint density at radius 3 is 2.54 bits per heavy atom. The van der Waals surface area contributed by atoms with Crippen LogP contribution in [0.1, 0.15) is 41.3 Å². The minimum Gasteiger partial charge on any atom is -0.493 e. The topological polar surface area (TPSA) is 98.8 Å². The van der Waals surface area contributed by atoms with Crippen LogP contribution in [0.2, 0.25) is 5.02 Å². The predicted octanol–water partition coefficient (Wildman–Crippen LogP) is 4.64. The minimum absolute atomic E-state index is 0.193. The van der Waals surface area contributed by atoms with E-state index in [4.69, 9.17) is 25.8 Å². The zero-order valence-electron chi connectivity index (χ0n) is 19.7. The maximum Gasteiger partial charge on any atom is 0.269 e. The molecule has 0 spiro atoms. The lowest BCUT2D eigenvalue weighted by Crippen LogP contribution is -2.41. The smallest absolute Gasteiger partial charge is 0.269 e. The van der Waals surface area contributed by atoms with Gasteiger partial charge in [-0.3, -0.25) is 25.4 Å². The van der Waals surface area contributed by atoms with Crippen LogP contribution in [0.15, 0.2) is 60.9 Å². The molecule has 184 valence electrons. The van der Waals surface area contributed by atoms with Gasteiger partial charge in [-0.2, -0.15) is 0 Å². The van der Waals surface area contributed by atoms with Crippen molar-refractivity contribution in [1.29, 1.82) is 0 Å². The van der Waals surface area contributed by atoms with Gasteiger partial charge in [0.2, 0.25) is 5.91 Å². The highest BCUT2D eigenvalue weighted by Crippen LogP contribution is 2.29.